The number of carbonyl (C=O) groups excluding carboxylic acids is 1. The lowest BCUT2D eigenvalue weighted by molar-refractivity contribution is -0.147. The van der Waals surface area contributed by atoms with Crippen molar-refractivity contribution in [3.05, 3.63) is 42.5 Å². The molecule has 0 saturated carbocycles. The van der Waals surface area contributed by atoms with Gasteiger partial charge in [-0.05, 0) is 44.5 Å². The molecule has 0 radical (unpaired) electrons. The first kappa shape index (κ1) is 15.7. The average molecular weight is 302 g/mol. The molecule has 0 saturated heterocycles. The number of nitrogens with zero attached hydrogens (tertiary/aromatic N) is 3. The molecule has 1 aromatic carbocycles. The van der Waals surface area contributed by atoms with Crippen molar-refractivity contribution in [2.24, 2.45) is 5.41 Å². The van der Waals surface area contributed by atoms with Crippen molar-refractivity contribution in [1.29, 1.82) is 0 Å². The zero-order valence-electron chi connectivity index (χ0n) is 12.5. The Labute approximate surface area is 128 Å². The number of carboxylic acid groups (broad SMARTS) is 1. The fourth-order valence-electron chi connectivity index (χ4n) is 1.82. The third-order valence-corrected chi connectivity index (χ3v) is 3.46. The smallest absolute Gasteiger partial charge is 0.309 e. The Bertz CT molecular complexity index is 648. The number of aromatic nitrogens is 3. The third-order valence-electron chi connectivity index (χ3n) is 3.46. The number of hydrogen-bond acceptors (Lipinski definition) is 4. The maximum absolute atomic E-state index is 12.0. The van der Waals surface area contributed by atoms with E-state index in [4.69, 9.17) is 5.11 Å². The van der Waals surface area contributed by atoms with Crippen molar-refractivity contribution in [1.82, 2.24) is 20.1 Å². The Morgan fingerprint density at radius 3 is 2.32 bits per heavy atom. The first-order valence-corrected chi connectivity index (χ1v) is 6.87. The molecule has 2 N–H and O–H groups in total. The van der Waals surface area contributed by atoms with Gasteiger partial charge in [0.1, 0.15) is 12.7 Å². The van der Waals surface area contributed by atoms with Crippen LogP contribution in [0.4, 0.5) is 0 Å². The largest absolute Gasteiger partial charge is 0.481 e. The maximum Gasteiger partial charge on any atom is 0.309 e. The SMILES string of the molecule is CC(C)(CCNC(=O)c1ccc(-n2cnnc2)cc1)C(=O)O. The monoisotopic (exact) mass is 302 g/mol. The van der Waals surface area contributed by atoms with Crippen molar-refractivity contribution >= 4 is 11.9 Å². The average Bonchev–Trinajstić information content (AvgIpc) is 3.01. The van der Waals surface area contributed by atoms with Gasteiger partial charge < -0.3 is 10.4 Å². The van der Waals surface area contributed by atoms with E-state index in [-0.39, 0.29) is 5.91 Å². The lowest BCUT2D eigenvalue weighted by Gasteiger charge is -2.18. The van der Waals surface area contributed by atoms with Crippen LogP contribution in [-0.2, 0) is 4.79 Å². The van der Waals surface area contributed by atoms with Gasteiger partial charge in [-0.15, -0.1) is 10.2 Å². The Hall–Kier alpha value is -2.70. The Balaban J connectivity index is 1.92. The minimum Gasteiger partial charge on any atom is -0.481 e. The van der Waals surface area contributed by atoms with Gasteiger partial charge in [-0.25, -0.2) is 0 Å². The first-order valence-electron chi connectivity index (χ1n) is 6.87. The number of carbonyl (C=O) groups is 2. The topological polar surface area (TPSA) is 97.1 Å². The fourth-order valence-corrected chi connectivity index (χ4v) is 1.82. The number of aliphatic carboxylic acids is 1. The molecule has 1 heterocycles. The second-order valence-corrected chi connectivity index (χ2v) is 5.61. The maximum atomic E-state index is 12.0. The van der Waals surface area contributed by atoms with E-state index in [1.54, 1.807) is 55.3 Å². The Morgan fingerprint density at radius 2 is 1.77 bits per heavy atom. The summed E-state index contributed by atoms with van der Waals surface area (Å²) < 4.78 is 1.73. The van der Waals surface area contributed by atoms with Gasteiger partial charge in [0.15, 0.2) is 0 Å². The van der Waals surface area contributed by atoms with Crippen LogP contribution in [-0.4, -0.2) is 38.3 Å². The Morgan fingerprint density at radius 1 is 1.18 bits per heavy atom. The van der Waals surface area contributed by atoms with E-state index >= 15 is 0 Å². The molecule has 0 aliphatic heterocycles. The van der Waals surface area contributed by atoms with Crippen LogP contribution in [0.25, 0.3) is 5.69 Å². The highest BCUT2D eigenvalue weighted by atomic mass is 16.4. The van der Waals surface area contributed by atoms with Crippen molar-refractivity contribution in [2.45, 2.75) is 20.3 Å². The summed E-state index contributed by atoms with van der Waals surface area (Å²) in [4.78, 5) is 23.0. The lowest BCUT2D eigenvalue weighted by atomic mass is 9.90. The highest BCUT2D eigenvalue weighted by molar-refractivity contribution is 5.94. The number of carboxylic acids is 1. The van der Waals surface area contributed by atoms with E-state index in [2.05, 4.69) is 15.5 Å². The summed E-state index contributed by atoms with van der Waals surface area (Å²) >= 11 is 0. The molecule has 0 spiro atoms. The molecule has 1 aromatic heterocycles. The van der Waals surface area contributed by atoms with Crippen molar-refractivity contribution in [3.63, 3.8) is 0 Å². The molecule has 22 heavy (non-hydrogen) atoms. The van der Waals surface area contributed by atoms with Gasteiger partial charge in [0.05, 0.1) is 5.41 Å². The van der Waals surface area contributed by atoms with Crippen LogP contribution >= 0.6 is 0 Å². The van der Waals surface area contributed by atoms with Gasteiger partial charge in [-0.1, -0.05) is 0 Å². The van der Waals surface area contributed by atoms with E-state index in [9.17, 15) is 9.59 Å². The molecule has 7 nitrogen and oxygen atoms in total. The molecule has 116 valence electrons. The molecule has 0 fully saturated rings. The zero-order valence-corrected chi connectivity index (χ0v) is 12.5. The van der Waals surface area contributed by atoms with E-state index < -0.39 is 11.4 Å². The summed E-state index contributed by atoms with van der Waals surface area (Å²) in [5.74, 6) is -1.10. The van der Waals surface area contributed by atoms with Crippen LogP contribution in [0.3, 0.4) is 0 Å². The van der Waals surface area contributed by atoms with Gasteiger partial charge >= 0.3 is 5.97 Å². The number of benzene rings is 1. The first-order chi connectivity index (χ1) is 10.4. The zero-order chi connectivity index (χ0) is 16.2. The molecular weight excluding hydrogens is 284 g/mol. The minimum absolute atomic E-state index is 0.225. The summed E-state index contributed by atoms with van der Waals surface area (Å²) in [6.07, 6.45) is 3.51. The molecule has 0 aliphatic carbocycles. The van der Waals surface area contributed by atoms with Crippen molar-refractivity contribution < 1.29 is 14.7 Å². The van der Waals surface area contributed by atoms with E-state index in [0.717, 1.165) is 5.69 Å². The van der Waals surface area contributed by atoms with Gasteiger partial charge in [-0.3, -0.25) is 14.2 Å². The van der Waals surface area contributed by atoms with E-state index in [1.807, 2.05) is 0 Å². The number of nitrogens with one attached hydrogen (secondary N) is 1. The standard InChI is InChI=1S/C15H18N4O3/c1-15(2,14(21)22)7-8-16-13(20)11-3-5-12(6-4-11)19-9-17-18-10-19/h3-6,9-10H,7-8H2,1-2H3,(H,16,20)(H,21,22). The molecule has 0 bridgehead atoms. The molecule has 2 rings (SSSR count). The molecule has 2 aromatic rings. The van der Waals surface area contributed by atoms with E-state index in [1.165, 1.54) is 0 Å². The lowest BCUT2D eigenvalue weighted by Crippen LogP contribution is -2.31. The summed E-state index contributed by atoms with van der Waals surface area (Å²) in [5.41, 5.74) is 0.518. The minimum atomic E-state index is -0.875. The van der Waals surface area contributed by atoms with Crippen LogP contribution in [0.15, 0.2) is 36.9 Å². The van der Waals surface area contributed by atoms with Crippen LogP contribution in [0.5, 0.6) is 0 Å². The van der Waals surface area contributed by atoms with Crippen LogP contribution in [0.2, 0.25) is 0 Å². The normalized spacial score (nSPS) is 11.2. The summed E-state index contributed by atoms with van der Waals surface area (Å²) in [6.45, 7) is 3.58. The molecular formula is C15H18N4O3. The van der Waals surface area contributed by atoms with Gasteiger partial charge in [-0.2, -0.15) is 0 Å². The summed E-state index contributed by atoms with van der Waals surface area (Å²) in [7, 11) is 0. The highest BCUT2D eigenvalue weighted by Gasteiger charge is 2.26. The molecule has 0 atom stereocenters. The van der Waals surface area contributed by atoms with E-state index in [0.29, 0.717) is 18.5 Å². The third kappa shape index (κ3) is 3.69. The number of hydrogen-bond donors (Lipinski definition) is 2. The molecule has 7 heteroatoms. The molecule has 0 unspecified atom stereocenters. The van der Waals surface area contributed by atoms with Crippen LogP contribution in [0.1, 0.15) is 30.6 Å². The molecule has 0 aliphatic rings. The number of amides is 1. The summed E-state index contributed by atoms with van der Waals surface area (Å²) in [5, 5.41) is 19.2. The predicted octanol–water partition coefficient (Wildman–Crippen LogP) is 1.50. The highest BCUT2D eigenvalue weighted by Crippen LogP contribution is 2.19. The quantitative estimate of drug-likeness (QED) is 0.842. The Kier molecular flexibility index (Phi) is 4.55. The number of rotatable bonds is 6. The van der Waals surface area contributed by atoms with Gasteiger partial charge in [0.2, 0.25) is 0 Å². The van der Waals surface area contributed by atoms with Crippen molar-refractivity contribution in [3.8, 4) is 5.69 Å². The fraction of sp³-hybridized carbons (Fsp3) is 0.333. The summed E-state index contributed by atoms with van der Waals surface area (Å²) in [6, 6.07) is 6.99. The predicted molar refractivity (Wildman–Crippen MR) is 79.7 cm³/mol. The second kappa shape index (κ2) is 6.38. The van der Waals surface area contributed by atoms with Crippen molar-refractivity contribution in [2.75, 3.05) is 6.54 Å². The van der Waals surface area contributed by atoms with Gasteiger partial charge in [0, 0.05) is 17.8 Å². The van der Waals surface area contributed by atoms with Crippen LogP contribution < -0.4 is 5.32 Å². The van der Waals surface area contributed by atoms with Gasteiger partial charge in [0.25, 0.3) is 5.91 Å². The second-order valence-electron chi connectivity index (χ2n) is 5.61. The van der Waals surface area contributed by atoms with Crippen LogP contribution in [0, 0.1) is 5.41 Å². The molecule has 1 amide bonds.